The Labute approximate surface area is 132 Å². The molecule has 2 rings (SSSR count). The lowest BCUT2D eigenvalue weighted by atomic mass is 10.2. The highest BCUT2D eigenvalue weighted by atomic mass is 32.2. The average molecular weight is 323 g/mol. The van der Waals surface area contributed by atoms with Crippen LogP contribution in [0, 0.1) is 5.82 Å². The molecule has 0 saturated carbocycles. The lowest BCUT2D eigenvalue weighted by Crippen LogP contribution is -2.36. The number of rotatable bonds is 7. The zero-order chi connectivity index (χ0) is 15.9. The molecule has 5 nitrogen and oxygen atoms in total. The molecule has 1 heterocycles. The van der Waals surface area contributed by atoms with E-state index in [1.807, 2.05) is 6.92 Å². The smallest absolute Gasteiger partial charge is 0.230 e. The van der Waals surface area contributed by atoms with Gasteiger partial charge in [0.2, 0.25) is 5.91 Å². The number of carbonyl (C=O) groups excluding carboxylic acids is 1. The maximum Gasteiger partial charge on any atom is 0.230 e. The standard InChI is InChI=1S/C15H18FN3O2S/c1-10(8-21-2)18-14(20)9-22-15-17-7-13(19-15)11-3-5-12(16)6-4-11/h3-7,10H,8-9H2,1-2H3,(H,17,19)(H,18,20). The van der Waals surface area contributed by atoms with Crippen molar-refractivity contribution in [1.82, 2.24) is 15.3 Å². The third kappa shape index (κ3) is 4.85. The van der Waals surface area contributed by atoms with Crippen molar-refractivity contribution in [3.63, 3.8) is 0 Å². The number of benzene rings is 1. The first-order valence-electron chi connectivity index (χ1n) is 6.80. The molecule has 0 aliphatic carbocycles. The van der Waals surface area contributed by atoms with Gasteiger partial charge >= 0.3 is 0 Å². The Bertz CT molecular complexity index is 616. The molecule has 7 heteroatoms. The lowest BCUT2D eigenvalue weighted by molar-refractivity contribution is -0.119. The topological polar surface area (TPSA) is 67.0 Å². The van der Waals surface area contributed by atoms with Crippen LogP contribution < -0.4 is 5.32 Å². The molecule has 0 radical (unpaired) electrons. The van der Waals surface area contributed by atoms with E-state index in [4.69, 9.17) is 4.74 Å². The van der Waals surface area contributed by atoms with E-state index in [-0.39, 0.29) is 23.5 Å². The van der Waals surface area contributed by atoms with Crippen LogP contribution in [-0.4, -0.2) is 41.4 Å². The Morgan fingerprint density at radius 1 is 1.45 bits per heavy atom. The van der Waals surface area contributed by atoms with Crippen LogP contribution in [0.2, 0.25) is 0 Å². The second kappa shape index (κ2) is 7.95. The van der Waals surface area contributed by atoms with Crippen molar-refractivity contribution in [3.8, 4) is 11.3 Å². The van der Waals surface area contributed by atoms with E-state index < -0.39 is 0 Å². The highest BCUT2D eigenvalue weighted by Crippen LogP contribution is 2.21. The molecule has 0 spiro atoms. The van der Waals surface area contributed by atoms with Gasteiger partial charge in [-0.3, -0.25) is 4.79 Å². The fourth-order valence-electron chi connectivity index (χ4n) is 1.89. The van der Waals surface area contributed by atoms with E-state index >= 15 is 0 Å². The average Bonchev–Trinajstić information content (AvgIpc) is 2.95. The number of aromatic amines is 1. The normalized spacial score (nSPS) is 12.1. The van der Waals surface area contributed by atoms with E-state index in [0.29, 0.717) is 11.8 Å². The molecule has 2 aromatic rings. The first-order chi connectivity index (χ1) is 10.6. The molecule has 0 saturated heterocycles. The van der Waals surface area contributed by atoms with Gasteiger partial charge < -0.3 is 15.0 Å². The summed E-state index contributed by atoms with van der Waals surface area (Å²) in [7, 11) is 1.59. The number of hydrogen-bond acceptors (Lipinski definition) is 4. The Kier molecular flexibility index (Phi) is 5.97. The number of hydrogen-bond donors (Lipinski definition) is 2. The Hall–Kier alpha value is -1.86. The molecule has 0 aliphatic heterocycles. The number of imidazole rings is 1. The van der Waals surface area contributed by atoms with Gasteiger partial charge in [-0.25, -0.2) is 9.37 Å². The van der Waals surface area contributed by atoms with Crippen molar-refractivity contribution < 1.29 is 13.9 Å². The van der Waals surface area contributed by atoms with E-state index in [0.717, 1.165) is 11.3 Å². The zero-order valence-corrected chi connectivity index (χ0v) is 13.2. The van der Waals surface area contributed by atoms with Crippen LogP contribution in [-0.2, 0) is 9.53 Å². The molecule has 1 aromatic carbocycles. The minimum atomic E-state index is -0.278. The van der Waals surface area contributed by atoms with Crippen molar-refractivity contribution in [1.29, 1.82) is 0 Å². The summed E-state index contributed by atoms with van der Waals surface area (Å²) >= 11 is 1.31. The van der Waals surface area contributed by atoms with Gasteiger partial charge in [-0.1, -0.05) is 11.8 Å². The molecule has 1 unspecified atom stereocenters. The first-order valence-corrected chi connectivity index (χ1v) is 7.79. The molecule has 0 fully saturated rings. The Morgan fingerprint density at radius 3 is 2.86 bits per heavy atom. The molecule has 0 bridgehead atoms. The predicted molar refractivity (Wildman–Crippen MR) is 84.2 cm³/mol. The van der Waals surface area contributed by atoms with Crippen LogP contribution >= 0.6 is 11.8 Å². The molecule has 2 N–H and O–H groups in total. The van der Waals surface area contributed by atoms with Gasteiger partial charge in [0, 0.05) is 13.2 Å². The summed E-state index contributed by atoms with van der Waals surface area (Å²) in [5, 5.41) is 3.47. The number of ether oxygens (including phenoxy) is 1. The Balaban J connectivity index is 1.87. The molecule has 22 heavy (non-hydrogen) atoms. The first kappa shape index (κ1) is 16.5. The minimum Gasteiger partial charge on any atom is -0.383 e. The number of aromatic nitrogens is 2. The van der Waals surface area contributed by atoms with Gasteiger partial charge in [-0.2, -0.15) is 0 Å². The molecule has 0 aliphatic rings. The van der Waals surface area contributed by atoms with E-state index in [1.54, 1.807) is 25.4 Å². The third-order valence-corrected chi connectivity index (χ3v) is 3.76. The van der Waals surface area contributed by atoms with E-state index in [2.05, 4.69) is 15.3 Å². The van der Waals surface area contributed by atoms with E-state index in [1.165, 1.54) is 23.9 Å². The van der Waals surface area contributed by atoms with Gasteiger partial charge in [0.05, 0.1) is 24.3 Å². The van der Waals surface area contributed by atoms with Crippen LogP contribution in [0.25, 0.3) is 11.3 Å². The van der Waals surface area contributed by atoms with Gasteiger partial charge in [-0.05, 0) is 36.8 Å². The molecule has 118 valence electrons. The largest absolute Gasteiger partial charge is 0.383 e. The van der Waals surface area contributed by atoms with Gasteiger partial charge in [0.1, 0.15) is 5.82 Å². The number of nitrogens with one attached hydrogen (secondary N) is 2. The molecular weight excluding hydrogens is 305 g/mol. The van der Waals surface area contributed by atoms with Gasteiger partial charge in [0.15, 0.2) is 5.16 Å². The highest BCUT2D eigenvalue weighted by molar-refractivity contribution is 7.99. The molecular formula is C15H18FN3O2S. The number of halogens is 1. The van der Waals surface area contributed by atoms with Crippen molar-refractivity contribution >= 4 is 17.7 Å². The zero-order valence-electron chi connectivity index (χ0n) is 12.4. The van der Waals surface area contributed by atoms with Crippen LogP contribution in [0.1, 0.15) is 6.92 Å². The SMILES string of the molecule is COCC(C)NC(=O)CSc1ncc(-c2ccc(F)cc2)[nH]1. The summed E-state index contributed by atoms with van der Waals surface area (Å²) in [6.07, 6.45) is 1.67. The number of thioether (sulfide) groups is 1. The van der Waals surface area contributed by atoms with Crippen LogP contribution in [0.15, 0.2) is 35.6 Å². The maximum absolute atomic E-state index is 12.9. The predicted octanol–water partition coefficient (Wildman–Crippen LogP) is 2.46. The second-order valence-electron chi connectivity index (χ2n) is 4.82. The third-order valence-electron chi connectivity index (χ3n) is 2.87. The van der Waals surface area contributed by atoms with Crippen molar-refractivity contribution in [2.45, 2.75) is 18.1 Å². The number of methoxy groups -OCH3 is 1. The number of H-pyrrole nitrogens is 1. The van der Waals surface area contributed by atoms with Crippen LogP contribution in [0.5, 0.6) is 0 Å². The second-order valence-corrected chi connectivity index (χ2v) is 5.79. The summed E-state index contributed by atoms with van der Waals surface area (Å²) in [6, 6.07) is 6.12. The monoisotopic (exact) mass is 323 g/mol. The summed E-state index contributed by atoms with van der Waals surface area (Å²) in [5.41, 5.74) is 1.63. The van der Waals surface area contributed by atoms with Crippen LogP contribution in [0.3, 0.4) is 0 Å². The Morgan fingerprint density at radius 2 is 2.18 bits per heavy atom. The fraction of sp³-hybridized carbons (Fsp3) is 0.333. The maximum atomic E-state index is 12.9. The van der Waals surface area contributed by atoms with Crippen molar-refractivity contribution in [3.05, 3.63) is 36.3 Å². The number of carbonyl (C=O) groups is 1. The van der Waals surface area contributed by atoms with Crippen LogP contribution in [0.4, 0.5) is 4.39 Å². The lowest BCUT2D eigenvalue weighted by Gasteiger charge is -2.11. The number of nitrogens with zero attached hydrogens (tertiary/aromatic N) is 1. The van der Waals surface area contributed by atoms with Gasteiger partial charge in [-0.15, -0.1) is 0 Å². The van der Waals surface area contributed by atoms with Crippen molar-refractivity contribution in [2.75, 3.05) is 19.5 Å². The quantitative estimate of drug-likeness (QED) is 0.768. The summed E-state index contributed by atoms with van der Waals surface area (Å²) in [5.74, 6) is -0.0845. The summed E-state index contributed by atoms with van der Waals surface area (Å²) in [6.45, 7) is 2.36. The number of amides is 1. The fourth-order valence-corrected chi connectivity index (χ4v) is 2.56. The molecule has 1 aromatic heterocycles. The summed E-state index contributed by atoms with van der Waals surface area (Å²) < 4.78 is 17.9. The van der Waals surface area contributed by atoms with E-state index in [9.17, 15) is 9.18 Å². The van der Waals surface area contributed by atoms with Crippen molar-refractivity contribution in [2.24, 2.45) is 0 Å². The summed E-state index contributed by atoms with van der Waals surface area (Å²) in [4.78, 5) is 19.1. The molecule has 1 amide bonds. The highest BCUT2D eigenvalue weighted by Gasteiger charge is 2.09. The molecule has 1 atom stereocenters. The van der Waals surface area contributed by atoms with Gasteiger partial charge in [0.25, 0.3) is 0 Å². The minimum absolute atomic E-state index is 0.0236.